The molecule has 0 saturated heterocycles. The van der Waals surface area contributed by atoms with Crippen LogP contribution < -0.4 is 0 Å². The van der Waals surface area contributed by atoms with Gasteiger partial charge in [0.05, 0.1) is 12.7 Å². The number of ether oxygens (including phenoxy) is 1. The van der Waals surface area contributed by atoms with Crippen molar-refractivity contribution in [3.63, 3.8) is 0 Å². The van der Waals surface area contributed by atoms with Crippen LogP contribution in [0.5, 0.6) is 0 Å². The predicted octanol–water partition coefficient (Wildman–Crippen LogP) is 1.96. The smallest absolute Gasteiger partial charge is 0.0827 e. The Morgan fingerprint density at radius 1 is 1.42 bits per heavy atom. The van der Waals surface area contributed by atoms with Crippen LogP contribution in [0.3, 0.4) is 0 Å². The van der Waals surface area contributed by atoms with Crippen molar-refractivity contribution in [3.05, 3.63) is 0 Å². The van der Waals surface area contributed by atoms with E-state index in [9.17, 15) is 5.11 Å². The van der Waals surface area contributed by atoms with Gasteiger partial charge in [-0.2, -0.15) is 0 Å². The van der Waals surface area contributed by atoms with E-state index in [-0.39, 0.29) is 11.5 Å². The SMILES string of the molecule is CCOCC(O)C1(C)CCCC1. The molecule has 0 spiro atoms. The first-order valence-corrected chi connectivity index (χ1v) is 4.95. The summed E-state index contributed by atoms with van der Waals surface area (Å²) < 4.78 is 5.22. The fourth-order valence-electron chi connectivity index (χ4n) is 1.95. The monoisotopic (exact) mass is 172 g/mol. The number of aliphatic hydroxyl groups is 1. The van der Waals surface area contributed by atoms with Crippen LogP contribution in [-0.4, -0.2) is 24.4 Å². The normalized spacial score (nSPS) is 24.2. The highest BCUT2D eigenvalue weighted by Crippen LogP contribution is 2.40. The molecular weight excluding hydrogens is 152 g/mol. The minimum absolute atomic E-state index is 0.134. The molecule has 0 aromatic rings. The second-order valence-corrected chi connectivity index (χ2v) is 4.04. The average Bonchev–Trinajstić information content (AvgIpc) is 2.49. The van der Waals surface area contributed by atoms with Gasteiger partial charge < -0.3 is 9.84 Å². The van der Waals surface area contributed by atoms with E-state index >= 15 is 0 Å². The van der Waals surface area contributed by atoms with Crippen LogP contribution in [0.1, 0.15) is 39.5 Å². The summed E-state index contributed by atoms with van der Waals surface area (Å²) >= 11 is 0. The molecule has 0 aliphatic heterocycles. The average molecular weight is 172 g/mol. The summed E-state index contributed by atoms with van der Waals surface area (Å²) in [4.78, 5) is 0. The molecule has 0 aromatic carbocycles. The predicted molar refractivity (Wildman–Crippen MR) is 49.1 cm³/mol. The molecule has 1 unspecified atom stereocenters. The summed E-state index contributed by atoms with van der Waals surface area (Å²) in [7, 11) is 0. The molecule has 1 atom stereocenters. The van der Waals surface area contributed by atoms with Crippen molar-refractivity contribution in [1.82, 2.24) is 0 Å². The van der Waals surface area contributed by atoms with Gasteiger partial charge in [-0.3, -0.25) is 0 Å². The lowest BCUT2D eigenvalue weighted by Gasteiger charge is -2.29. The number of hydrogen-bond donors (Lipinski definition) is 1. The highest BCUT2D eigenvalue weighted by molar-refractivity contribution is 4.86. The third-order valence-corrected chi connectivity index (χ3v) is 3.03. The second-order valence-electron chi connectivity index (χ2n) is 4.04. The first-order valence-electron chi connectivity index (χ1n) is 4.95. The zero-order valence-corrected chi connectivity index (χ0v) is 8.18. The molecule has 0 heterocycles. The van der Waals surface area contributed by atoms with E-state index in [0.717, 1.165) is 12.8 Å². The van der Waals surface area contributed by atoms with E-state index in [4.69, 9.17) is 4.74 Å². The van der Waals surface area contributed by atoms with Gasteiger partial charge in [-0.15, -0.1) is 0 Å². The van der Waals surface area contributed by atoms with Crippen molar-refractivity contribution >= 4 is 0 Å². The molecule has 1 rings (SSSR count). The minimum Gasteiger partial charge on any atom is -0.390 e. The van der Waals surface area contributed by atoms with Gasteiger partial charge >= 0.3 is 0 Å². The summed E-state index contributed by atoms with van der Waals surface area (Å²) in [6.07, 6.45) is 4.57. The highest BCUT2D eigenvalue weighted by atomic mass is 16.5. The van der Waals surface area contributed by atoms with Crippen molar-refractivity contribution in [3.8, 4) is 0 Å². The van der Waals surface area contributed by atoms with E-state index in [2.05, 4.69) is 6.92 Å². The van der Waals surface area contributed by atoms with Gasteiger partial charge in [-0.25, -0.2) is 0 Å². The van der Waals surface area contributed by atoms with Crippen LogP contribution >= 0.6 is 0 Å². The quantitative estimate of drug-likeness (QED) is 0.702. The summed E-state index contributed by atoms with van der Waals surface area (Å²) in [6, 6.07) is 0. The zero-order chi connectivity index (χ0) is 9.03. The van der Waals surface area contributed by atoms with Crippen LogP contribution in [0, 0.1) is 5.41 Å². The molecule has 0 radical (unpaired) electrons. The first-order chi connectivity index (χ1) is 5.69. The maximum Gasteiger partial charge on any atom is 0.0827 e. The first kappa shape index (κ1) is 10.0. The zero-order valence-electron chi connectivity index (χ0n) is 8.18. The van der Waals surface area contributed by atoms with Crippen molar-refractivity contribution in [2.45, 2.75) is 45.6 Å². The molecule has 1 fully saturated rings. The van der Waals surface area contributed by atoms with Crippen molar-refractivity contribution in [2.75, 3.05) is 13.2 Å². The Kier molecular flexibility index (Phi) is 3.53. The lowest BCUT2D eigenvalue weighted by molar-refractivity contribution is -0.0292. The van der Waals surface area contributed by atoms with Crippen molar-refractivity contribution in [2.24, 2.45) is 5.41 Å². The molecule has 72 valence electrons. The summed E-state index contributed by atoms with van der Waals surface area (Å²) in [5.74, 6) is 0. The summed E-state index contributed by atoms with van der Waals surface area (Å²) in [5, 5.41) is 9.81. The molecule has 0 bridgehead atoms. The van der Waals surface area contributed by atoms with Crippen LogP contribution in [0.2, 0.25) is 0 Å². The maximum absolute atomic E-state index is 9.81. The molecule has 0 aromatic heterocycles. The number of hydrogen-bond acceptors (Lipinski definition) is 2. The third kappa shape index (κ3) is 2.20. The van der Waals surface area contributed by atoms with Gasteiger partial charge in [0.2, 0.25) is 0 Å². The van der Waals surface area contributed by atoms with Crippen LogP contribution in [-0.2, 0) is 4.74 Å². The van der Waals surface area contributed by atoms with Gasteiger partial charge in [-0.1, -0.05) is 19.8 Å². The fourth-order valence-corrected chi connectivity index (χ4v) is 1.95. The van der Waals surface area contributed by atoms with E-state index in [1.54, 1.807) is 0 Å². The van der Waals surface area contributed by atoms with E-state index in [0.29, 0.717) is 13.2 Å². The largest absolute Gasteiger partial charge is 0.390 e. The molecule has 1 aliphatic carbocycles. The Balaban J connectivity index is 2.33. The molecule has 0 amide bonds. The fraction of sp³-hybridized carbons (Fsp3) is 1.00. The topological polar surface area (TPSA) is 29.5 Å². The Morgan fingerprint density at radius 2 is 2.00 bits per heavy atom. The van der Waals surface area contributed by atoms with Crippen molar-refractivity contribution in [1.29, 1.82) is 0 Å². The molecule has 1 aliphatic rings. The van der Waals surface area contributed by atoms with Crippen LogP contribution in [0.15, 0.2) is 0 Å². The van der Waals surface area contributed by atoms with Gasteiger partial charge in [0.15, 0.2) is 0 Å². The lowest BCUT2D eigenvalue weighted by Crippen LogP contribution is -2.33. The van der Waals surface area contributed by atoms with Gasteiger partial charge in [0.1, 0.15) is 0 Å². The minimum atomic E-state index is -0.264. The van der Waals surface area contributed by atoms with Gasteiger partial charge in [0.25, 0.3) is 0 Å². The second kappa shape index (κ2) is 4.24. The Bertz CT molecular complexity index is 128. The molecular formula is C10H20O2. The molecule has 2 heteroatoms. The van der Waals surface area contributed by atoms with Crippen LogP contribution in [0.4, 0.5) is 0 Å². The molecule has 1 N–H and O–H groups in total. The lowest BCUT2D eigenvalue weighted by atomic mass is 9.83. The number of rotatable bonds is 4. The van der Waals surface area contributed by atoms with E-state index in [1.807, 2.05) is 6.92 Å². The molecule has 2 nitrogen and oxygen atoms in total. The maximum atomic E-state index is 9.81. The standard InChI is InChI=1S/C10H20O2/c1-3-12-8-9(11)10(2)6-4-5-7-10/h9,11H,3-8H2,1-2H3. The van der Waals surface area contributed by atoms with Crippen molar-refractivity contribution < 1.29 is 9.84 Å². The van der Waals surface area contributed by atoms with E-state index < -0.39 is 0 Å². The van der Waals surface area contributed by atoms with E-state index in [1.165, 1.54) is 12.8 Å². The van der Waals surface area contributed by atoms with Crippen LogP contribution in [0.25, 0.3) is 0 Å². The Morgan fingerprint density at radius 3 is 2.50 bits per heavy atom. The third-order valence-electron chi connectivity index (χ3n) is 3.03. The number of aliphatic hydroxyl groups excluding tert-OH is 1. The summed E-state index contributed by atoms with van der Waals surface area (Å²) in [5.41, 5.74) is 0.134. The van der Waals surface area contributed by atoms with Gasteiger partial charge in [-0.05, 0) is 25.2 Å². The molecule has 1 saturated carbocycles. The highest BCUT2D eigenvalue weighted by Gasteiger charge is 2.35. The summed E-state index contributed by atoms with van der Waals surface area (Å²) in [6.45, 7) is 5.34. The Labute approximate surface area is 74.9 Å². The Hall–Kier alpha value is -0.0800. The molecule has 12 heavy (non-hydrogen) atoms. The van der Waals surface area contributed by atoms with Gasteiger partial charge in [0, 0.05) is 6.61 Å².